The molecule has 3 aromatic rings. The largest absolute Gasteiger partial charge is 0.493 e. The average molecular weight is 374 g/mol. The van der Waals surface area contributed by atoms with E-state index in [0.717, 1.165) is 23.5 Å². The number of hydrogen-bond acceptors (Lipinski definition) is 4. The van der Waals surface area contributed by atoms with Crippen molar-refractivity contribution in [1.29, 1.82) is 0 Å². The summed E-state index contributed by atoms with van der Waals surface area (Å²) in [7, 11) is -2.37. The lowest BCUT2D eigenvalue weighted by molar-refractivity contribution is 0.171. The predicted octanol–water partition coefficient (Wildman–Crippen LogP) is 3.23. The summed E-state index contributed by atoms with van der Waals surface area (Å²) < 4.78 is 47.0. The van der Waals surface area contributed by atoms with Gasteiger partial charge in [0.25, 0.3) is 10.0 Å². The zero-order valence-electron chi connectivity index (χ0n) is 14.4. The van der Waals surface area contributed by atoms with Crippen LogP contribution in [0.2, 0.25) is 0 Å². The van der Waals surface area contributed by atoms with E-state index in [1.54, 1.807) is 24.3 Å². The Hall–Kier alpha value is -2.38. The van der Waals surface area contributed by atoms with Crippen LogP contribution in [-0.2, 0) is 16.6 Å². The van der Waals surface area contributed by atoms with Crippen LogP contribution in [0.15, 0.2) is 53.6 Å². The zero-order valence-corrected chi connectivity index (χ0v) is 15.2. The highest BCUT2D eigenvalue weighted by molar-refractivity contribution is 7.90. The minimum absolute atomic E-state index is 0.165. The number of benzene rings is 2. The lowest BCUT2D eigenvalue weighted by Crippen LogP contribution is -2.36. The Kier molecular flexibility index (Phi) is 4.20. The van der Waals surface area contributed by atoms with E-state index in [-0.39, 0.29) is 10.6 Å². The smallest absolute Gasteiger partial charge is 0.268 e. The van der Waals surface area contributed by atoms with Crippen molar-refractivity contribution in [3.63, 3.8) is 0 Å². The van der Waals surface area contributed by atoms with Gasteiger partial charge in [0.1, 0.15) is 0 Å². The van der Waals surface area contributed by atoms with E-state index in [1.165, 1.54) is 31.5 Å². The normalized spacial score (nSPS) is 15.2. The molecule has 2 aromatic carbocycles. The van der Waals surface area contributed by atoms with Gasteiger partial charge in [-0.05, 0) is 37.7 Å². The van der Waals surface area contributed by atoms with E-state index in [0.29, 0.717) is 23.0 Å². The molecule has 136 valence electrons. The monoisotopic (exact) mass is 374 g/mol. The molecule has 1 fully saturated rings. The van der Waals surface area contributed by atoms with E-state index in [4.69, 9.17) is 4.74 Å². The van der Waals surface area contributed by atoms with Crippen LogP contribution in [-0.4, -0.2) is 37.5 Å². The molecule has 0 bridgehead atoms. The molecule has 5 nitrogen and oxygen atoms in total. The number of nitrogens with zero attached hydrogens (tertiary/aromatic N) is 2. The topological polar surface area (TPSA) is 51.5 Å². The Morgan fingerprint density at radius 2 is 1.88 bits per heavy atom. The van der Waals surface area contributed by atoms with Crippen LogP contribution in [0.4, 0.5) is 4.39 Å². The Morgan fingerprint density at radius 1 is 1.15 bits per heavy atom. The fraction of sp³-hybridized carbons (Fsp3) is 0.263. The third-order valence-electron chi connectivity index (χ3n) is 4.80. The number of ether oxygens (including phenoxy) is 1. The summed E-state index contributed by atoms with van der Waals surface area (Å²) in [6, 6.07) is 11.1. The number of hydrogen-bond donors (Lipinski definition) is 0. The molecular formula is C19H19FN2O3S. The maximum atomic E-state index is 14.6. The molecule has 7 heteroatoms. The Balaban J connectivity index is 1.91. The minimum atomic E-state index is -3.80. The van der Waals surface area contributed by atoms with Gasteiger partial charge in [-0.3, -0.25) is 4.90 Å². The van der Waals surface area contributed by atoms with Gasteiger partial charge < -0.3 is 4.74 Å². The number of likely N-dealkylation sites (tertiary alicyclic amines) is 1. The lowest BCUT2D eigenvalue weighted by Gasteiger charge is -2.31. The van der Waals surface area contributed by atoms with Crippen molar-refractivity contribution in [1.82, 2.24) is 8.87 Å². The molecule has 1 aliphatic rings. The first kappa shape index (κ1) is 17.1. The molecule has 1 aromatic heterocycles. The summed E-state index contributed by atoms with van der Waals surface area (Å²) >= 11 is 0. The molecular weight excluding hydrogens is 355 g/mol. The Bertz CT molecular complexity index is 1060. The molecule has 4 rings (SSSR count). The quantitative estimate of drug-likeness (QED) is 0.688. The molecule has 26 heavy (non-hydrogen) atoms. The summed E-state index contributed by atoms with van der Waals surface area (Å²) in [4.78, 5) is 2.35. The summed E-state index contributed by atoms with van der Waals surface area (Å²) in [5, 5.41) is 0.689. The van der Waals surface area contributed by atoms with Crippen molar-refractivity contribution in [2.75, 3.05) is 20.2 Å². The third-order valence-corrected chi connectivity index (χ3v) is 6.51. The van der Waals surface area contributed by atoms with E-state index < -0.39 is 15.8 Å². The van der Waals surface area contributed by atoms with Gasteiger partial charge in [0.05, 0.1) is 17.5 Å². The van der Waals surface area contributed by atoms with Crippen LogP contribution in [0.5, 0.6) is 5.75 Å². The number of aromatic nitrogens is 1. The van der Waals surface area contributed by atoms with Crippen molar-refractivity contribution in [3.8, 4) is 5.75 Å². The van der Waals surface area contributed by atoms with Crippen molar-refractivity contribution >= 4 is 20.9 Å². The number of halogens is 1. The van der Waals surface area contributed by atoms with Gasteiger partial charge in [0.2, 0.25) is 0 Å². The van der Waals surface area contributed by atoms with Crippen molar-refractivity contribution in [2.24, 2.45) is 0 Å². The van der Waals surface area contributed by atoms with Crippen molar-refractivity contribution in [2.45, 2.75) is 17.9 Å². The average Bonchev–Trinajstić information content (AvgIpc) is 3.02. The van der Waals surface area contributed by atoms with E-state index in [2.05, 4.69) is 4.90 Å². The fourth-order valence-corrected chi connectivity index (χ4v) is 4.69. The second-order valence-corrected chi connectivity index (χ2v) is 8.18. The number of methoxy groups -OCH3 is 1. The number of fused-ring (bicyclic) bond motifs is 1. The molecule has 0 N–H and O–H groups in total. The first-order valence-electron chi connectivity index (χ1n) is 8.42. The maximum absolute atomic E-state index is 14.6. The molecule has 0 atom stereocenters. The van der Waals surface area contributed by atoms with Gasteiger partial charge in [-0.1, -0.05) is 18.2 Å². The molecule has 0 unspecified atom stereocenters. The number of rotatable bonds is 5. The zero-order chi connectivity index (χ0) is 18.3. The molecule has 1 aliphatic heterocycles. The van der Waals surface area contributed by atoms with E-state index in [1.807, 2.05) is 0 Å². The van der Waals surface area contributed by atoms with Gasteiger partial charge in [-0.15, -0.1) is 0 Å². The van der Waals surface area contributed by atoms with Crippen molar-refractivity contribution in [3.05, 3.63) is 60.0 Å². The van der Waals surface area contributed by atoms with Crippen LogP contribution >= 0.6 is 0 Å². The van der Waals surface area contributed by atoms with Crippen LogP contribution in [0.1, 0.15) is 12.0 Å². The summed E-state index contributed by atoms with van der Waals surface area (Å²) in [5.74, 6) is -0.377. The SMILES string of the molecule is COc1c(F)cc2c(ccn2S(=O)(=O)c2ccccc2)c1CN1CCC1. The van der Waals surface area contributed by atoms with E-state index >= 15 is 0 Å². The highest BCUT2D eigenvalue weighted by Crippen LogP contribution is 2.35. The minimum Gasteiger partial charge on any atom is -0.493 e. The van der Waals surface area contributed by atoms with E-state index in [9.17, 15) is 12.8 Å². The molecule has 0 amide bonds. The molecule has 0 spiro atoms. The molecule has 0 radical (unpaired) electrons. The molecule has 0 aliphatic carbocycles. The van der Waals surface area contributed by atoms with Gasteiger partial charge in [-0.2, -0.15) is 0 Å². The summed E-state index contributed by atoms with van der Waals surface area (Å²) in [5.41, 5.74) is 1.01. The van der Waals surface area contributed by atoms with Crippen LogP contribution < -0.4 is 4.74 Å². The second kappa shape index (κ2) is 6.41. The van der Waals surface area contributed by atoms with Crippen LogP contribution in [0.25, 0.3) is 10.9 Å². The van der Waals surface area contributed by atoms with Gasteiger partial charge in [0.15, 0.2) is 11.6 Å². The van der Waals surface area contributed by atoms with Crippen LogP contribution in [0.3, 0.4) is 0 Å². The molecule has 1 saturated heterocycles. The molecule has 0 saturated carbocycles. The Labute approximate surface area is 151 Å². The lowest BCUT2D eigenvalue weighted by atomic mass is 10.1. The fourth-order valence-electron chi connectivity index (χ4n) is 3.33. The highest BCUT2D eigenvalue weighted by atomic mass is 32.2. The second-order valence-electron chi connectivity index (χ2n) is 6.36. The highest BCUT2D eigenvalue weighted by Gasteiger charge is 2.25. The first-order chi connectivity index (χ1) is 12.5. The third kappa shape index (κ3) is 2.68. The van der Waals surface area contributed by atoms with Gasteiger partial charge in [0, 0.05) is 29.8 Å². The summed E-state index contributed by atoms with van der Waals surface area (Å²) in [6.45, 7) is 2.43. The molecule has 2 heterocycles. The van der Waals surface area contributed by atoms with Crippen molar-refractivity contribution < 1.29 is 17.5 Å². The summed E-state index contributed by atoms with van der Waals surface area (Å²) in [6.07, 6.45) is 2.59. The first-order valence-corrected chi connectivity index (χ1v) is 9.86. The predicted molar refractivity (Wildman–Crippen MR) is 97.4 cm³/mol. The van der Waals surface area contributed by atoms with Gasteiger partial charge >= 0.3 is 0 Å². The standard InChI is InChI=1S/C19H19FN2O3S/c1-25-19-16(13-21-9-5-10-21)15-8-11-22(18(15)12-17(19)20)26(23,24)14-6-3-2-4-7-14/h2-4,6-8,11-12H,5,9-10,13H2,1H3. The van der Waals surface area contributed by atoms with Gasteiger partial charge in [-0.25, -0.2) is 16.8 Å². The maximum Gasteiger partial charge on any atom is 0.268 e. The van der Waals surface area contributed by atoms with Crippen LogP contribution in [0, 0.1) is 5.82 Å². The Morgan fingerprint density at radius 3 is 2.50 bits per heavy atom.